The van der Waals surface area contributed by atoms with Gasteiger partial charge in [-0.25, -0.2) is 0 Å². The van der Waals surface area contributed by atoms with Gasteiger partial charge in [0.2, 0.25) is 5.91 Å². The minimum absolute atomic E-state index is 0.0402. The molecule has 0 N–H and O–H groups in total. The number of hydrogen-bond donors (Lipinski definition) is 0. The molecule has 6 heteroatoms. The zero-order valence-electron chi connectivity index (χ0n) is 14.4. The summed E-state index contributed by atoms with van der Waals surface area (Å²) in [6.45, 7) is 0.704. The predicted octanol–water partition coefficient (Wildman–Crippen LogP) is 3.37. The summed E-state index contributed by atoms with van der Waals surface area (Å²) in [7, 11) is 1.73. The van der Waals surface area contributed by atoms with E-state index in [2.05, 4.69) is 0 Å². The molecule has 5 nitrogen and oxygen atoms in total. The second kappa shape index (κ2) is 7.70. The van der Waals surface area contributed by atoms with Crippen molar-refractivity contribution < 1.29 is 14.4 Å². The van der Waals surface area contributed by atoms with Crippen LogP contribution in [-0.4, -0.2) is 41.1 Å². The Hall–Kier alpha value is -2.66. The average molecular weight is 371 g/mol. The minimum Gasteiger partial charge on any atom is -0.341 e. The molecular weight excluding hydrogens is 352 g/mol. The molecule has 0 aliphatic carbocycles. The van der Waals surface area contributed by atoms with Gasteiger partial charge < -0.3 is 4.90 Å². The third-order valence-electron chi connectivity index (χ3n) is 4.39. The zero-order valence-corrected chi connectivity index (χ0v) is 15.2. The van der Waals surface area contributed by atoms with Gasteiger partial charge in [-0.1, -0.05) is 35.9 Å². The topological polar surface area (TPSA) is 57.7 Å². The normalized spacial score (nSPS) is 13.1. The lowest BCUT2D eigenvalue weighted by molar-refractivity contribution is -0.130. The molecule has 1 heterocycles. The van der Waals surface area contributed by atoms with Crippen LogP contribution in [0, 0.1) is 0 Å². The molecular formula is C20H19ClN2O3. The van der Waals surface area contributed by atoms with Crippen molar-refractivity contribution in [2.75, 3.05) is 13.6 Å². The van der Waals surface area contributed by atoms with E-state index in [1.54, 1.807) is 42.3 Å². The number of rotatable bonds is 6. The van der Waals surface area contributed by atoms with Crippen LogP contribution in [0.5, 0.6) is 0 Å². The number of carbonyl (C=O) groups excluding carboxylic acids is 3. The maximum Gasteiger partial charge on any atom is 0.261 e. The number of nitrogens with zero attached hydrogens (tertiary/aromatic N) is 2. The first-order valence-corrected chi connectivity index (χ1v) is 8.79. The molecule has 0 fully saturated rings. The van der Waals surface area contributed by atoms with Crippen LogP contribution in [-0.2, 0) is 11.3 Å². The third-order valence-corrected chi connectivity index (χ3v) is 4.62. The van der Waals surface area contributed by atoms with Crippen LogP contribution in [0.3, 0.4) is 0 Å². The maximum atomic E-state index is 12.3. The lowest BCUT2D eigenvalue weighted by Gasteiger charge is -2.18. The second-order valence-corrected chi connectivity index (χ2v) is 6.73. The summed E-state index contributed by atoms with van der Waals surface area (Å²) in [4.78, 5) is 39.7. The fraction of sp³-hybridized carbons (Fsp3) is 0.250. The molecule has 0 radical (unpaired) electrons. The molecule has 3 rings (SSSR count). The van der Waals surface area contributed by atoms with Crippen LogP contribution in [0.2, 0.25) is 5.02 Å². The van der Waals surface area contributed by atoms with Gasteiger partial charge in [-0.05, 0) is 36.2 Å². The van der Waals surface area contributed by atoms with E-state index in [0.717, 1.165) is 5.56 Å². The van der Waals surface area contributed by atoms with Gasteiger partial charge >= 0.3 is 0 Å². The lowest BCUT2D eigenvalue weighted by atomic mass is 10.1. The van der Waals surface area contributed by atoms with Gasteiger partial charge in [-0.15, -0.1) is 0 Å². The maximum absolute atomic E-state index is 12.3. The Labute approximate surface area is 157 Å². The number of imide groups is 1. The van der Waals surface area contributed by atoms with Crippen LogP contribution < -0.4 is 0 Å². The largest absolute Gasteiger partial charge is 0.341 e. The number of hydrogen-bond acceptors (Lipinski definition) is 3. The average Bonchev–Trinajstić information content (AvgIpc) is 2.87. The predicted molar refractivity (Wildman–Crippen MR) is 99.0 cm³/mol. The van der Waals surface area contributed by atoms with Crippen LogP contribution in [0.4, 0.5) is 0 Å². The molecule has 0 saturated heterocycles. The van der Waals surface area contributed by atoms with E-state index in [0.29, 0.717) is 29.1 Å². The molecule has 0 bridgehead atoms. The number of amides is 3. The summed E-state index contributed by atoms with van der Waals surface area (Å²) in [6.07, 6.45) is 0.703. The van der Waals surface area contributed by atoms with Crippen LogP contribution in [0.1, 0.15) is 39.1 Å². The quantitative estimate of drug-likeness (QED) is 0.732. The van der Waals surface area contributed by atoms with Crippen LogP contribution in [0.25, 0.3) is 0 Å². The van der Waals surface area contributed by atoms with E-state index in [1.807, 2.05) is 18.2 Å². The zero-order chi connectivity index (χ0) is 18.7. The van der Waals surface area contributed by atoms with Crippen molar-refractivity contribution in [3.8, 4) is 0 Å². The fourth-order valence-corrected chi connectivity index (χ4v) is 3.23. The Morgan fingerprint density at radius 3 is 2.31 bits per heavy atom. The molecule has 2 aromatic carbocycles. The molecule has 26 heavy (non-hydrogen) atoms. The molecule has 0 atom stereocenters. The van der Waals surface area contributed by atoms with Crippen molar-refractivity contribution >= 4 is 29.3 Å². The van der Waals surface area contributed by atoms with Crippen LogP contribution >= 0.6 is 11.6 Å². The van der Waals surface area contributed by atoms with Crippen molar-refractivity contribution in [1.82, 2.24) is 9.80 Å². The first-order chi connectivity index (χ1) is 12.5. The van der Waals surface area contributed by atoms with Gasteiger partial charge in [-0.3, -0.25) is 19.3 Å². The molecule has 1 aliphatic heterocycles. The fourth-order valence-electron chi connectivity index (χ4n) is 3.02. The first-order valence-electron chi connectivity index (χ1n) is 8.41. The Balaban J connectivity index is 1.51. The summed E-state index contributed by atoms with van der Waals surface area (Å²) in [5.74, 6) is -0.614. The Morgan fingerprint density at radius 1 is 1.04 bits per heavy atom. The van der Waals surface area contributed by atoms with E-state index in [1.165, 1.54) is 4.90 Å². The molecule has 0 spiro atoms. The van der Waals surface area contributed by atoms with E-state index < -0.39 is 0 Å². The van der Waals surface area contributed by atoms with Crippen molar-refractivity contribution in [2.24, 2.45) is 0 Å². The molecule has 0 saturated carbocycles. The second-order valence-electron chi connectivity index (χ2n) is 6.29. The van der Waals surface area contributed by atoms with Crippen LogP contribution in [0.15, 0.2) is 48.5 Å². The number of carbonyl (C=O) groups is 3. The third kappa shape index (κ3) is 3.78. The summed E-state index contributed by atoms with van der Waals surface area (Å²) in [5, 5.41) is 0.633. The SMILES string of the molecule is CN(Cc1cccc(Cl)c1)C(=O)CCCN1C(=O)c2ccccc2C1=O. The number of halogens is 1. The standard InChI is InChI=1S/C20H19ClN2O3/c1-22(13-14-6-4-7-15(21)12-14)18(24)10-5-11-23-19(25)16-8-2-3-9-17(16)20(23)26/h2-4,6-9,12H,5,10-11,13H2,1H3. The van der Waals surface area contributed by atoms with E-state index in [-0.39, 0.29) is 30.7 Å². The molecule has 134 valence electrons. The first kappa shape index (κ1) is 18.1. The summed E-state index contributed by atoms with van der Waals surface area (Å²) >= 11 is 5.96. The van der Waals surface area contributed by atoms with E-state index in [4.69, 9.17) is 11.6 Å². The summed E-state index contributed by atoms with van der Waals surface area (Å²) in [6, 6.07) is 14.1. The van der Waals surface area contributed by atoms with Gasteiger partial charge in [0.1, 0.15) is 0 Å². The molecule has 3 amide bonds. The van der Waals surface area contributed by atoms with Gasteiger partial charge in [0.25, 0.3) is 11.8 Å². The molecule has 0 unspecified atom stereocenters. The van der Waals surface area contributed by atoms with Crippen molar-refractivity contribution in [2.45, 2.75) is 19.4 Å². The molecule has 2 aromatic rings. The highest BCUT2D eigenvalue weighted by molar-refractivity contribution is 6.30. The Morgan fingerprint density at radius 2 is 1.69 bits per heavy atom. The molecule has 1 aliphatic rings. The van der Waals surface area contributed by atoms with Gasteiger partial charge in [0.15, 0.2) is 0 Å². The van der Waals surface area contributed by atoms with E-state index >= 15 is 0 Å². The van der Waals surface area contributed by atoms with Gasteiger partial charge in [-0.2, -0.15) is 0 Å². The lowest BCUT2D eigenvalue weighted by Crippen LogP contribution is -2.32. The monoisotopic (exact) mass is 370 g/mol. The van der Waals surface area contributed by atoms with Crippen molar-refractivity contribution in [1.29, 1.82) is 0 Å². The van der Waals surface area contributed by atoms with Gasteiger partial charge in [0.05, 0.1) is 11.1 Å². The highest BCUT2D eigenvalue weighted by Crippen LogP contribution is 2.22. The van der Waals surface area contributed by atoms with E-state index in [9.17, 15) is 14.4 Å². The highest BCUT2D eigenvalue weighted by Gasteiger charge is 2.34. The Bertz CT molecular complexity index is 831. The summed E-state index contributed by atoms with van der Waals surface area (Å²) in [5.41, 5.74) is 1.82. The van der Waals surface area contributed by atoms with Gasteiger partial charge in [0, 0.05) is 31.6 Å². The smallest absolute Gasteiger partial charge is 0.261 e. The number of fused-ring (bicyclic) bond motifs is 1. The summed E-state index contributed by atoms with van der Waals surface area (Å²) < 4.78 is 0. The Kier molecular flexibility index (Phi) is 5.38. The van der Waals surface area contributed by atoms with Crippen molar-refractivity contribution in [3.05, 3.63) is 70.2 Å². The minimum atomic E-state index is -0.287. The number of benzene rings is 2. The molecule has 0 aromatic heterocycles. The van der Waals surface area contributed by atoms with Crippen molar-refractivity contribution in [3.63, 3.8) is 0 Å². The highest BCUT2D eigenvalue weighted by atomic mass is 35.5.